The van der Waals surface area contributed by atoms with E-state index in [-0.39, 0.29) is 37.0 Å². The minimum Gasteiger partial charge on any atom is -0.484 e. The molecule has 2 aromatic heterocycles. The number of para-hydroxylation sites is 1. The molecule has 0 saturated heterocycles. The molecule has 0 saturated carbocycles. The second kappa shape index (κ2) is 12.0. The first kappa shape index (κ1) is 27.6. The van der Waals surface area contributed by atoms with E-state index in [2.05, 4.69) is 21.0 Å². The zero-order chi connectivity index (χ0) is 28.9. The Hall–Kier alpha value is -4.99. The highest BCUT2D eigenvalue weighted by molar-refractivity contribution is 5.93. The van der Waals surface area contributed by atoms with Gasteiger partial charge in [0.05, 0.1) is 11.0 Å². The third kappa shape index (κ3) is 6.96. The van der Waals surface area contributed by atoms with Crippen LogP contribution in [0.15, 0.2) is 72.9 Å². The molecule has 0 fully saturated rings. The van der Waals surface area contributed by atoms with Crippen molar-refractivity contribution in [1.29, 1.82) is 0 Å². The summed E-state index contributed by atoms with van der Waals surface area (Å²) in [7, 11) is 0. The summed E-state index contributed by atoms with van der Waals surface area (Å²) in [5, 5.41) is 15.4. The summed E-state index contributed by atoms with van der Waals surface area (Å²) in [4.78, 5) is 33.9. The van der Waals surface area contributed by atoms with Crippen LogP contribution in [0.1, 0.15) is 27.7 Å². The Kier molecular flexibility index (Phi) is 8.09. The van der Waals surface area contributed by atoms with Crippen LogP contribution in [0.3, 0.4) is 0 Å². The molecule has 41 heavy (non-hydrogen) atoms. The van der Waals surface area contributed by atoms with E-state index in [1.807, 2.05) is 94.6 Å². The molecule has 0 spiro atoms. The number of ether oxygens (including phenoxy) is 1. The number of nitrogens with zero attached hydrogens (tertiary/aromatic N) is 4. The number of aromatic nitrogens is 4. The number of fused-ring (bicyclic) bond motifs is 2. The van der Waals surface area contributed by atoms with E-state index in [4.69, 9.17) is 14.7 Å². The fourth-order valence-electron chi connectivity index (χ4n) is 4.43. The Balaban J connectivity index is 1.41. The standard InChI is InChI=1S/C31H33N7O3/c1-19(2)32-28(39)17-38-16-22-14-23(12-13-26(22)37-38)34-31-25-10-5-6-11-27(25)35-30(36-31)21-8-7-9-24(15-21)41-18-29(40)33-20(3)4/h5-16,19-20H,17-18H2,1-4H3,(H,32,39)(H,33,40)(H,34,35,36). The van der Waals surface area contributed by atoms with Crippen molar-refractivity contribution in [3.8, 4) is 17.1 Å². The highest BCUT2D eigenvalue weighted by Gasteiger charge is 2.13. The van der Waals surface area contributed by atoms with Crippen molar-refractivity contribution in [3.63, 3.8) is 0 Å². The van der Waals surface area contributed by atoms with Crippen molar-refractivity contribution in [2.45, 2.75) is 46.3 Å². The maximum absolute atomic E-state index is 12.2. The zero-order valence-corrected chi connectivity index (χ0v) is 23.5. The van der Waals surface area contributed by atoms with Crippen molar-refractivity contribution >= 4 is 45.1 Å². The van der Waals surface area contributed by atoms with Crippen LogP contribution < -0.4 is 20.7 Å². The second-order valence-electron chi connectivity index (χ2n) is 10.4. The van der Waals surface area contributed by atoms with Gasteiger partial charge in [0.15, 0.2) is 12.4 Å². The van der Waals surface area contributed by atoms with E-state index in [0.717, 1.165) is 33.1 Å². The smallest absolute Gasteiger partial charge is 0.258 e. The molecule has 210 valence electrons. The molecule has 5 aromatic rings. The third-order valence-electron chi connectivity index (χ3n) is 6.08. The van der Waals surface area contributed by atoms with Gasteiger partial charge >= 0.3 is 0 Å². The first-order valence-electron chi connectivity index (χ1n) is 13.6. The van der Waals surface area contributed by atoms with Gasteiger partial charge in [0, 0.05) is 40.3 Å². The molecule has 0 bridgehead atoms. The highest BCUT2D eigenvalue weighted by Crippen LogP contribution is 2.29. The van der Waals surface area contributed by atoms with E-state index in [9.17, 15) is 9.59 Å². The topological polar surface area (TPSA) is 123 Å². The molecule has 2 heterocycles. The average Bonchev–Trinajstić information content (AvgIpc) is 3.32. The van der Waals surface area contributed by atoms with Crippen LogP contribution in [-0.2, 0) is 16.1 Å². The number of anilines is 2. The van der Waals surface area contributed by atoms with Gasteiger partial charge in [-0.1, -0.05) is 24.3 Å². The number of nitrogens with one attached hydrogen (secondary N) is 3. The monoisotopic (exact) mass is 551 g/mol. The maximum atomic E-state index is 12.2. The van der Waals surface area contributed by atoms with Crippen LogP contribution in [0.2, 0.25) is 0 Å². The zero-order valence-electron chi connectivity index (χ0n) is 23.5. The summed E-state index contributed by atoms with van der Waals surface area (Å²) >= 11 is 0. The molecule has 0 unspecified atom stereocenters. The summed E-state index contributed by atoms with van der Waals surface area (Å²) in [5.41, 5.74) is 3.16. The maximum Gasteiger partial charge on any atom is 0.258 e. The van der Waals surface area contributed by atoms with Crippen LogP contribution in [0, 0.1) is 0 Å². The van der Waals surface area contributed by atoms with Gasteiger partial charge in [0.1, 0.15) is 18.1 Å². The second-order valence-corrected chi connectivity index (χ2v) is 10.4. The Morgan fingerprint density at radius 1 is 0.854 bits per heavy atom. The predicted octanol–water partition coefficient (Wildman–Crippen LogP) is 4.82. The third-order valence-corrected chi connectivity index (χ3v) is 6.08. The number of amides is 2. The Morgan fingerprint density at radius 3 is 2.44 bits per heavy atom. The minimum atomic E-state index is -0.180. The Labute approximate surface area is 238 Å². The first-order valence-corrected chi connectivity index (χ1v) is 13.6. The fourth-order valence-corrected chi connectivity index (χ4v) is 4.43. The van der Waals surface area contributed by atoms with Gasteiger partial charge in [0.2, 0.25) is 5.91 Å². The molecule has 3 N–H and O–H groups in total. The number of hydrogen-bond donors (Lipinski definition) is 3. The van der Waals surface area contributed by atoms with Crippen LogP contribution in [0.25, 0.3) is 33.2 Å². The van der Waals surface area contributed by atoms with E-state index < -0.39 is 0 Å². The van der Waals surface area contributed by atoms with Crippen LogP contribution in [0.4, 0.5) is 11.5 Å². The van der Waals surface area contributed by atoms with Gasteiger partial charge < -0.3 is 20.7 Å². The van der Waals surface area contributed by atoms with Crippen molar-refractivity contribution in [1.82, 2.24) is 30.4 Å². The van der Waals surface area contributed by atoms with Crippen LogP contribution >= 0.6 is 0 Å². The van der Waals surface area contributed by atoms with E-state index in [1.54, 1.807) is 10.7 Å². The average molecular weight is 552 g/mol. The molecule has 0 radical (unpaired) electrons. The summed E-state index contributed by atoms with van der Waals surface area (Å²) in [6.45, 7) is 7.74. The summed E-state index contributed by atoms with van der Waals surface area (Å²) < 4.78 is 7.36. The molecule has 10 heteroatoms. The molecule has 5 rings (SSSR count). The lowest BCUT2D eigenvalue weighted by Crippen LogP contribution is -2.34. The van der Waals surface area contributed by atoms with Gasteiger partial charge in [-0.3, -0.25) is 14.3 Å². The lowest BCUT2D eigenvalue weighted by Gasteiger charge is -2.12. The van der Waals surface area contributed by atoms with Crippen LogP contribution in [0.5, 0.6) is 5.75 Å². The normalized spacial score (nSPS) is 11.3. The van der Waals surface area contributed by atoms with Gasteiger partial charge in [-0.2, -0.15) is 5.10 Å². The molecule has 0 aliphatic carbocycles. The lowest BCUT2D eigenvalue weighted by atomic mass is 10.1. The van der Waals surface area contributed by atoms with Crippen molar-refractivity contribution in [3.05, 3.63) is 72.9 Å². The predicted molar refractivity (Wildman–Crippen MR) is 160 cm³/mol. The van der Waals surface area contributed by atoms with Gasteiger partial charge in [-0.05, 0) is 70.2 Å². The van der Waals surface area contributed by atoms with Gasteiger partial charge in [-0.25, -0.2) is 9.97 Å². The molecular formula is C31H33N7O3. The van der Waals surface area contributed by atoms with Crippen LogP contribution in [-0.4, -0.2) is 50.3 Å². The van der Waals surface area contributed by atoms with Crippen molar-refractivity contribution in [2.75, 3.05) is 11.9 Å². The summed E-state index contributed by atoms with van der Waals surface area (Å²) in [6, 6.07) is 21.1. The fraction of sp³-hybridized carbons (Fsp3) is 0.258. The number of benzene rings is 3. The van der Waals surface area contributed by atoms with E-state index in [1.165, 1.54) is 0 Å². The molecule has 0 aliphatic heterocycles. The summed E-state index contributed by atoms with van der Waals surface area (Å²) in [5.74, 6) is 1.46. The highest BCUT2D eigenvalue weighted by atomic mass is 16.5. The van der Waals surface area contributed by atoms with Gasteiger partial charge in [0.25, 0.3) is 5.91 Å². The number of hydrogen-bond acceptors (Lipinski definition) is 7. The number of carbonyl (C=O) groups is 2. The summed E-state index contributed by atoms with van der Waals surface area (Å²) in [6.07, 6.45) is 1.86. The number of rotatable bonds is 10. The molecule has 0 aliphatic rings. The van der Waals surface area contributed by atoms with E-state index >= 15 is 0 Å². The quantitative estimate of drug-likeness (QED) is 0.227. The molecule has 10 nitrogen and oxygen atoms in total. The van der Waals surface area contributed by atoms with Crippen molar-refractivity contribution in [2.24, 2.45) is 0 Å². The Bertz CT molecular complexity index is 1710. The first-order chi connectivity index (χ1) is 19.7. The van der Waals surface area contributed by atoms with Gasteiger partial charge in [-0.15, -0.1) is 0 Å². The molecule has 3 aromatic carbocycles. The molecule has 0 atom stereocenters. The lowest BCUT2D eigenvalue weighted by molar-refractivity contribution is -0.124. The SMILES string of the molecule is CC(C)NC(=O)COc1cccc(-c2nc(Nc3ccc4nn(CC(=O)NC(C)C)cc4c3)c3ccccc3n2)c1. The Morgan fingerprint density at radius 2 is 1.63 bits per heavy atom. The molecular weight excluding hydrogens is 518 g/mol. The van der Waals surface area contributed by atoms with E-state index in [0.29, 0.717) is 17.4 Å². The molecule has 2 amide bonds. The largest absolute Gasteiger partial charge is 0.484 e. The van der Waals surface area contributed by atoms with Crippen molar-refractivity contribution < 1.29 is 14.3 Å². The number of carbonyl (C=O) groups excluding carboxylic acids is 2. The minimum absolute atomic E-state index is 0.0439.